The fourth-order valence-corrected chi connectivity index (χ4v) is 7.46. The fourth-order valence-electron chi connectivity index (χ4n) is 3.37. The first-order chi connectivity index (χ1) is 14.7. The van der Waals surface area contributed by atoms with Crippen LogP contribution in [0.1, 0.15) is 0 Å². The van der Waals surface area contributed by atoms with Crippen LogP contribution < -0.4 is 8.45 Å². The molecule has 0 aliphatic carbocycles. The van der Waals surface area contributed by atoms with Crippen LogP contribution in [-0.2, 0) is 0 Å². The first-order valence-electron chi connectivity index (χ1n) is 8.53. The van der Waals surface area contributed by atoms with Crippen molar-refractivity contribution in [3.05, 3.63) is 67.7 Å². The molecule has 136 valence electrons. The number of nitrogens with zero attached hydrogens (tertiary/aromatic N) is 6. The van der Waals surface area contributed by atoms with E-state index in [1.54, 1.807) is 0 Å². The molecular formula is C22H6N6Se2. The number of benzene rings is 3. The summed E-state index contributed by atoms with van der Waals surface area (Å²) in [6, 6.07) is 16.1. The molecule has 8 heteroatoms. The molecule has 0 aliphatic rings. The number of nitriles is 2. The Kier molecular flexibility index (Phi) is 4.24. The molecule has 0 amide bonds. The average Bonchev–Trinajstić information content (AvgIpc) is 3.39. The van der Waals surface area contributed by atoms with E-state index in [1.807, 2.05) is 30.3 Å². The second-order valence-corrected chi connectivity index (χ2v) is 10.6. The number of hydrogen-bond donors (Lipinski definition) is 0. The molecule has 0 unspecified atom stereocenters. The molecule has 0 saturated heterocycles. The molecule has 2 aromatic heterocycles. The molecular weight excluding hydrogens is 506 g/mol. The summed E-state index contributed by atoms with van der Waals surface area (Å²) < 4.78 is 3.25. The zero-order valence-electron chi connectivity index (χ0n) is 15.0. The van der Waals surface area contributed by atoms with Crippen LogP contribution in [0.4, 0.5) is 0 Å². The summed E-state index contributed by atoms with van der Waals surface area (Å²) in [4.78, 5) is 15.8. The molecule has 0 N–H and O–H groups in total. The van der Waals surface area contributed by atoms with Crippen molar-refractivity contribution in [3.63, 3.8) is 0 Å². The SMILES string of the molecule is [C-]#[N+]/C(C#N)=c1/nc2c(ccc3cc4ccc5n/c(=C(\C#N)[N+]#[C-])[se]c5c4cc32)[se]1. The molecule has 0 radical (unpaired) electrons. The predicted octanol–water partition coefficient (Wildman–Crippen LogP) is 2.31. The molecule has 30 heavy (non-hydrogen) atoms. The quantitative estimate of drug-likeness (QED) is 0.181. The Bertz CT molecular complexity index is 1680. The number of rotatable bonds is 0. The van der Waals surface area contributed by atoms with E-state index in [-0.39, 0.29) is 40.4 Å². The third-order valence-corrected chi connectivity index (χ3v) is 9.19. The standard InChI is InChI=1S/C22H6N6Se2/c1-25-16(9-23)21-27-15-5-3-12-7-11-4-6-18-19(13(11)8-14(12)20(15)30-21)28-22(29-18)17(10-24)26-2/h3-8H/b21-16-,22-17-. The van der Waals surface area contributed by atoms with Crippen LogP contribution in [0.5, 0.6) is 0 Å². The van der Waals surface area contributed by atoms with Crippen molar-refractivity contribution in [3.8, 4) is 12.1 Å². The van der Waals surface area contributed by atoms with Crippen LogP contribution in [0.2, 0.25) is 0 Å². The van der Waals surface area contributed by atoms with Gasteiger partial charge in [-0.25, -0.2) is 0 Å². The van der Waals surface area contributed by atoms with Crippen LogP contribution in [0, 0.1) is 35.8 Å². The van der Waals surface area contributed by atoms with Gasteiger partial charge in [-0.15, -0.1) is 0 Å². The molecule has 3 aromatic carbocycles. The minimum absolute atomic E-state index is 0.0525. The Morgan fingerprint density at radius 1 is 0.833 bits per heavy atom. The predicted molar refractivity (Wildman–Crippen MR) is 116 cm³/mol. The maximum absolute atomic E-state index is 9.21. The van der Waals surface area contributed by atoms with Crippen molar-refractivity contribution in [2.75, 3.05) is 0 Å². The van der Waals surface area contributed by atoms with Gasteiger partial charge in [-0.05, 0) is 0 Å². The van der Waals surface area contributed by atoms with E-state index >= 15 is 0 Å². The van der Waals surface area contributed by atoms with Crippen molar-refractivity contribution >= 4 is 81.5 Å². The summed E-state index contributed by atoms with van der Waals surface area (Å²) >= 11 is -0.389. The Hall–Kier alpha value is -3.74. The van der Waals surface area contributed by atoms with Crippen molar-refractivity contribution in [2.45, 2.75) is 0 Å². The molecule has 0 atom stereocenters. The Morgan fingerprint density at radius 3 is 2.20 bits per heavy atom. The van der Waals surface area contributed by atoms with Gasteiger partial charge in [0, 0.05) is 0 Å². The van der Waals surface area contributed by atoms with Crippen molar-refractivity contribution in [1.29, 1.82) is 10.5 Å². The van der Waals surface area contributed by atoms with Crippen molar-refractivity contribution < 1.29 is 0 Å². The van der Waals surface area contributed by atoms with Crippen LogP contribution in [0.3, 0.4) is 0 Å². The summed E-state index contributed by atoms with van der Waals surface area (Å²) in [6.07, 6.45) is 0. The van der Waals surface area contributed by atoms with Gasteiger partial charge in [0.05, 0.1) is 0 Å². The van der Waals surface area contributed by atoms with E-state index < -0.39 is 0 Å². The zero-order valence-corrected chi connectivity index (χ0v) is 18.4. The number of aromatic nitrogens is 2. The Labute approximate surface area is 181 Å². The molecule has 5 rings (SSSR count). The minimum atomic E-state index is -0.222. The molecule has 0 aliphatic heterocycles. The third-order valence-electron chi connectivity index (χ3n) is 4.70. The summed E-state index contributed by atoms with van der Waals surface area (Å²) in [5.41, 5.74) is 1.75. The monoisotopic (exact) mass is 514 g/mol. The first-order valence-corrected chi connectivity index (χ1v) is 12.0. The van der Waals surface area contributed by atoms with Gasteiger partial charge < -0.3 is 0 Å². The van der Waals surface area contributed by atoms with Crippen LogP contribution in [-0.4, -0.2) is 39.0 Å². The summed E-state index contributed by atoms with van der Waals surface area (Å²) in [5, 5.41) is 22.5. The number of fused-ring (bicyclic) bond motifs is 6. The summed E-state index contributed by atoms with van der Waals surface area (Å²) in [5.74, 6) is 0. The van der Waals surface area contributed by atoms with Crippen LogP contribution >= 0.6 is 0 Å². The summed E-state index contributed by atoms with van der Waals surface area (Å²) in [6.45, 7) is 14.4. The average molecular weight is 512 g/mol. The maximum atomic E-state index is 9.21. The molecule has 0 saturated carbocycles. The zero-order chi connectivity index (χ0) is 20.8. The van der Waals surface area contributed by atoms with Crippen LogP contribution in [0.15, 0.2) is 36.4 Å². The fraction of sp³-hybridized carbons (Fsp3) is 0. The molecule has 2 heterocycles. The molecule has 0 fully saturated rings. The van der Waals surface area contributed by atoms with Gasteiger partial charge in [0.15, 0.2) is 0 Å². The number of hydrogen-bond acceptors (Lipinski definition) is 4. The third kappa shape index (κ3) is 2.66. The Balaban J connectivity index is 1.95. The van der Waals surface area contributed by atoms with Crippen LogP contribution in [0.25, 0.3) is 62.2 Å². The summed E-state index contributed by atoms with van der Waals surface area (Å²) in [7, 11) is 0. The van der Waals surface area contributed by atoms with Gasteiger partial charge in [0.25, 0.3) is 0 Å². The molecule has 0 spiro atoms. The normalized spacial score (nSPS) is 12.9. The second kappa shape index (κ2) is 6.95. The Morgan fingerprint density at radius 2 is 1.50 bits per heavy atom. The van der Waals surface area contributed by atoms with Gasteiger partial charge in [0.1, 0.15) is 0 Å². The van der Waals surface area contributed by atoms with Gasteiger partial charge in [-0.1, -0.05) is 0 Å². The van der Waals surface area contributed by atoms with Gasteiger partial charge >= 0.3 is 182 Å². The van der Waals surface area contributed by atoms with E-state index in [9.17, 15) is 10.5 Å². The first kappa shape index (κ1) is 18.3. The van der Waals surface area contributed by atoms with E-state index in [2.05, 4.69) is 37.9 Å². The van der Waals surface area contributed by atoms with Gasteiger partial charge in [-0.3, -0.25) is 0 Å². The second-order valence-electron chi connectivity index (χ2n) is 6.30. The molecule has 0 bridgehead atoms. The van der Waals surface area contributed by atoms with E-state index in [4.69, 9.17) is 13.1 Å². The molecule has 6 nitrogen and oxygen atoms in total. The van der Waals surface area contributed by atoms with E-state index in [0.29, 0.717) is 8.45 Å². The van der Waals surface area contributed by atoms with Crippen molar-refractivity contribution in [2.24, 2.45) is 0 Å². The van der Waals surface area contributed by atoms with Gasteiger partial charge in [0.2, 0.25) is 0 Å². The van der Waals surface area contributed by atoms with Gasteiger partial charge in [-0.2, -0.15) is 0 Å². The van der Waals surface area contributed by atoms with E-state index in [1.165, 1.54) is 0 Å². The van der Waals surface area contributed by atoms with E-state index in [0.717, 1.165) is 41.1 Å². The topological polar surface area (TPSA) is 82.1 Å². The van der Waals surface area contributed by atoms with Crippen molar-refractivity contribution in [1.82, 2.24) is 9.97 Å². The molecule has 5 aromatic rings.